The maximum Gasteiger partial charge on any atom is 0.312 e. The third kappa shape index (κ3) is 4.73. The molecule has 5 aliphatic rings. The van der Waals surface area contributed by atoms with Crippen LogP contribution in [0.2, 0.25) is 18.1 Å². The van der Waals surface area contributed by atoms with Crippen molar-refractivity contribution in [1.82, 2.24) is 0 Å². The van der Waals surface area contributed by atoms with Crippen LogP contribution >= 0.6 is 0 Å². The quantitative estimate of drug-likeness (QED) is 0.218. The van der Waals surface area contributed by atoms with Gasteiger partial charge in [0, 0.05) is 23.4 Å². The largest absolute Gasteiger partial charge is 0.469 e. The van der Waals surface area contributed by atoms with E-state index in [2.05, 4.69) is 74.6 Å². The lowest BCUT2D eigenvalue weighted by Gasteiger charge is -2.69. The van der Waals surface area contributed by atoms with E-state index in [1.54, 1.807) is 0 Å². The molecule has 0 spiro atoms. The Labute approximate surface area is 279 Å². The highest BCUT2D eigenvalue weighted by molar-refractivity contribution is 6.74. The molecule has 8 atom stereocenters. The molecule has 0 aromatic heterocycles. The molecule has 0 aromatic carbocycles. The van der Waals surface area contributed by atoms with Crippen molar-refractivity contribution in [3.8, 4) is 6.07 Å². The van der Waals surface area contributed by atoms with E-state index in [0.29, 0.717) is 13.0 Å². The van der Waals surface area contributed by atoms with E-state index >= 15 is 0 Å². The van der Waals surface area contributed by atoms with Gasteiger partial charge in [0.25, 0.3) is 0 Å². The summed E-state index contributed by atoms with van der Waals surface area (Å²) in [7, 11) is -0.543. The average Bonchev–Trinajstić information content (AvgIpc) is 2.95. The van der Waals surface area contributed by atoms with Gasteiger partial charge in [-0.3, -0.25) is 14.4 Å². The number of hydrogen-bond acceptors (Lipinski definition) is 6. The Morgan fingerprint density at radius 1 is 1.02 bits per heavy atom. The number of carbonyl (C=O) groups is 3. The molecule has 0 saturated heterocycles. The van der Waals surface area contributed by atoms with Gasteiger partial charge in [0.15, 0.2) is 19.9 Å². The second-order valence-electron chi connectivity index (χ2n) is 19.0. The second kappa shape index (κ2) is 10.7. The molecule has 0 aromatic rings. The van der Waals surface area contributed by atoms with Crippen molar-refractivity contribution in [2.75, 3.05) is 13.7 Å². The van der Waals surface area contributed by atoms with E-state index < -0.39 is 24.6 Å². The molecule has 0 bridgehead atoms. The minimum absolute atomic E-state index is 0.0394. The SMILES string of the molecule is COC(=O)[C@]12CCC(C)(C)C[C@H]1[C@H]1C(=O)C=C3[C@@]4(C)C=C(C#N)C(=O)[C@@](C)(CCO[Si](C)(C)C(C)(C)C)[C@@H]4CC[C@@]3(C)[C@]1(C)CC2. The fourth-order valence-electron chi connectivity index (χ4n) is 11.0. The molecular formula is C39H59NO5Si. The van der Waals surface area contributed by atoms with Crippen molar-refractivity contribution < 1.29 is 23.5 Å². The number of fused-ring (bicyclic) bond motifs is 7. The molecule has 0 heterocycles. The molecule has 3 saturated carbocycles. The zero-order valence-corrected chi connectivity index (χ0v) is 31.7. The van der Waals surface area contributed by atoms with Gasteiger partial charge < -0.3 is 9.16 Å². The first-order valence-electron chi connectivity index (χ1n) is 17.7. The molecule has 5 rings (SSSR count). The van der Waals surface area contributed by atoms with Crippen LogP contribution in [0.15, 0.2) is 23.3 Å². The molecule has 0 aliphatic heterocycles. The Bertz CT molecular complexity index is 1440. The minimum atomic E-state index is -2.03. The first kappa shape index (κ1) is 35.3. The number of carbonyl (C=O) groups excluding carboxylic acids is 3. The number of esters is 1. The third-order valence-corrected chi connectivity index (χ3v) is 19.7. The van der Waals surface area contributed by atoms with Gasteiger partial charge >= 0.3 is 5.97 Å². The van der Waals surface area contributed by atoms with Gasteiger partial charge in [-0.25, -0.2) is 0 Å². The van der Waals surface area contributed by atoms with Crippen molar-refractivity contribution >= 4 is 25.9 Å². The van der Waals surface area contributed by atoms with Gasteiger partial charge in [0.05, 0.1) is 18.1 Å². The number of methoxy groups -OCH3 is 1. The fourth-order valence-corrected chi connectivity index (χ4v) is 12.1. The maximum atomic E-state index is 14.7. The van der Waals surface area contributed by atoms with Crippen LogP contribution < -0.4 is 0 Å². The Kier molecular flexibility index (Phi) is 8.23. The fraction of sp³-hybridized carbons (Fsp3) is 0.795. The van der Waals surface area contributed by atoms with Crippen molar-refractivity contribution in [2.24, 2.45) is 50.2 Å². The summed E-state index contributed by atoms with van der Waals surface area (Å²) in [6.07, 6.45) is 10.1. The van der Waals surface area contributed by atoms with Gasteiger partial charge in [-0.1, -0.05) is 74.0 Å². The number of ether oxygens (including phenoxy) is 1. The molecule has 5 aliphatic carbocycles. The summed E-state index contributed by atoms with van der Waals surface area (Å²) in [6, 6.07) is 2.27. The lowest BCUT2D eigenvalue weighted by Crippen LogP contribution is -2.66. The van der Waals surface area contributed by atoms with E-state index in [-0.39, 0.29) is 62.1 Å². The standard InChI is InChI=1S/C39H59NO5Si/c1-33(2,3)46(11,12)45-20-19-35(6)28-13-14-37(8)29(36(28,7)22-25(24-40)31(35)42)21-27(41)30-26-23-34(4,5)15-17-39(26,32(43)44-10)18-16-38(30,37)9/h21-22,26,28,30H,13-20,23H2,1-12H3/t26-,28-,30-,35-,36-,37+,38+,39-/m0/s1. The Hall–Kier alpha value is -2.04. The average molecular weight is 650 g/mol. The predicted molar refractivity (Wildman–Crippen MR) is 183 cm³/mol. The number of rotatable bonds is 5. The lowest BCUT2D eigenvalue weighted by atomic mass is 9.34. The van der Waals surface area contributed by atoms with Gasteiger partial charge in [-0.15, -0.1) is 0 Å². The summed E-state index contributed by atoms with van der Waals surface area (Å²) in [6.45, 7) is 25.0. The summed E-state index contributed by atoms with van der Waals surface area (Å²) in [5, 5.41) is 10.4. The number of allylic oxidation sites excluding steroid dienone is 4. The normalized spacial score (nSPS) is 41.9. The monoisotopic (exact) mass is 649 g/mol. The van der Waals surface area contributed by atoms with E-state index in [1.807, 2.05) is 19.1 Å². The molecule has 7 heteroatoms. The molecule has 3 fully saturated rings. The second-order valence-corrected chi connectivity index (χ2v) is 23.8. The van der Waals surface area contributed by atoms with E-state index in [9.17, 15) is 19.6 Å². The minimum Gasteiger partial charge on any atom is -0.469 e. The van der Waals surface area contributed by atoms with Gasteiger partial charge in [-0.2, -0.15) is 5.26 Å². The first-order chi connectivity index (χ1) is 21.0. The molecule has 46 heavy (non-hydrogen) atoms. The van der Waals surface area contributed by atoms with Gasteiger partial charge in [-0.05, 0) is 104 Å². The molecule has 0 N–H and O–H groups in total. The number of Topliss-reactive ketones (excluding diaryl/α,β-unsaturated/α-hetero) is 1. The van der Waals surface area contributed by atoms with Crippen LogP contribution in [-0.2, 0) is 23.5 Å². The first-order valence-corrected chi connectivity index (χ1v) is 20.6. The van der Waals surface area contributed by atoms with Gasteiger partial charge in [0.1, 0.15) is 6.07 Å². The van der Waals surface area contributed by atoms with Crippen LogP contribution in [0.25, 0.3) is 0 Å². The molecule has 0 radical (unpaired) electrons. The van der Waals surface area contributed by atoms with Crippen molar-refractivity contribution in [3.63, 3.8) is 0 Å². The predicted octanol–water partition coefficient (Wildman–Crippen LogP) is 8.77. The summed E-state index contributed by atoms with van der Waals surface area (Å²) in [4.78, 5) is 42.4. The zero-order chi connectivity index (χ0) is 34.5. The third-order valence-electron chi connectivity index (χ3n) is 15.2. The summed E-state index contributed by atoms with van der Waals surface area (Å²) < 4.78 is 12.1. The highest BCUT2D eigenvalue weighted by Gasteiger charge is 2.71. The lowest BCUT2D eigenvalue weighted by molar-refractivity contribution is -0.191. The zero-order valence-electron chi connectivity index (χ0n) is 30.7. The highest BCUT2D eigenvalue weighted by atomic mass is 28.4. The Morgan fingerprint density at radius 3 is 2.24 bits per heavy atom. The van der Waals surface area contributed by atoms with E-state index in [0.717, 1.165) is 50.5 Å². The van der Waals surface area contributed by atoms with Crippen LogP contribution in [-0.4, -0.2) is 39.6 Å². The van der Waals surface area contributed by atoms with Crippen molar-refractivity contribution in [1.29, 1.82) is 5.26 Å². The smallest absolute Gasteiger partial charge is 0.312 e. The molecule has 0 amide bonds. The summed E-state index contributed by atoms with van der Waals surface area (Å²) >= 11 is 0. The number of nitriles is 1. The van der Waals surface area contributed by atoms with Crippen LogP contribution in [0.4, 0.5) is 0 Å². The van der Waals surface area contributed by atoms with E-state index in [4.69, 9.17) is 9.16 Å². The molecule has 6 nitrogen and oxygen atoms in total. The highest BCUT2D eigenvalue weighted by Crippen LogP contribution is 2.74. The molecule has 254 valence electrons. The number of hydrogen-bond donors (Lipinski definition) is 0. The van der Waals surface area contributed by atoms with Crippen LogP contribution in [0.1, 0.15) is 114 Å². The number of ketones is 2. The van der Waals surface area contributed by atoms with Gasteiger partial charge in [0.2, 0.25) is 0 Å². The summed E-state index contributed by atoms with van der Waals surface area (Å²) in [5.41, 5.74) is -1.38. The van der Waals surface area contributed by atoms with E-state index in [1.165, 1.54) is 7.11 Å². The maximum absolute atomic E-state index is 14.7. The van der Waals surface area contributed by atoms with Crippen molar-refractivity contribution in [2.45, 2.75) is 132 Å². The molecule has 0 unspecified atom stereocenters. The Balaban J connectivity index is 1.60. The number of nitrogens with zero attached hydrogens (tertiary/aromatic N) is 1. The van der Waals surface area contributed by atoms with Crippen molar-refractivity contribution in [3.05, 3.63) is 23.3 Å². The van der Waals surface area contributed by atoms with Crippen LogP contribution in [0, 0.1) is 61.6 Å². The summed E-state index contributed by atoms with van der Waals surface area (Å²) in [5.74, 6) is -0.530. The van der Waals surface area contributed by atoms with Crippen LogP contribution in [0.3, 0.4) is 0 Å². The van der Waals surface area contributed by atoms with Crippen LogP contribution in [0.5, 0.6) is 0 Å². The Morgan fingerprint density at radius 2 is 1.65 bits per heavy atom. The molecular weight excluding hydrogens is 591 g/mol. The topological polar surface area (TPSA) is 93.5 Å².